The first-order valence-corrected chi connectivity index (χ1v) is 8.26. The van der Waals surface area contributed by atoms with Crippen LogP contribution < -0.4 is 10.2 Å². The zero-order chi connectivity index (χ0) is 17.3. The van der Waals surface area contributed by atoms with E-state index in [2.05, 4.69) is 25.2 Å². The lowest BCUT2D eigenvalue weighted by Crippen LogP contribution is -2.30. The fraction of sp³-hybridized carbons (Fsp3) is 0.300. The van der Waals surface area contributed by atoms with E-state index >= 15 is 0 Å². The Morgan fingerprint density at radius 1 is 1.08 bits per heavy atom. The van der Waals surface area contributed by atoms with Crippen LogP contribution in [-0.2, 0) is 4.79 Å². The van der Waals surface area contributed by atoms with Crippen LogP contribution >= 0.6 is 0 Å². The Bertz CT molecular complexity index is 765. The molecule has 4 heteroatoms. The van der Waals surface area contributed by atoms with Gasteiger partial charge in [0.25, 0.3) is 5.91 Å². The van der Waals surface area contributed by atoms with Crippen molar-refractivity contribution < 1.29 is 9.59 Å². The Labute approximate surface area is 142 Å². The van der Waals surface area contributed by atoms with Gasteiger partial charge in [0.1, 0.15) is 0 Å². The maximum absolute atomic E-state index is 12.9. The molecule has 0 bridgehead atoms. The van der Waals surface area contributed by atoms with Gasteiger partial charge >= 0.3 is 0 Å². The van der Waals surface area contributed by atoms with Crippen molar-refractivity contribution in [2.45, 2.75) is 26.7 Å². The number of carbonyl (C=O) groups excluding carboxylic acids is 2. The zero-order valence-electron chi connectivity index (χ0n) is 14.2. The van der Waals surface area contributed by atoms with Crippen LogP contribution in [0.1, 0.15) is 42.6 Å². The minimum Gasteiger partial charge on any atom is -0.326 e. The average molecular weight is 322 g/mol. The van der Waals surface area contributed by atoms with E-state index in [1.165, 1.54) is 12.5 Å². The van der Waals surface area contributed by atoms with E-state index in [9.17, 15) is 9.59 Å². The van der Waals surface area contributed by atoms with Crippen molar-refractivity contribution in [3.8, 4) is 0 Å². The minimum absolute atomic E-state index is 0.0000231. The predicted octanol–water partition coefficient (Wildman–Crippen LogP) is 4.05. The summed E-state index contributed by atoms with van der Waals surface area (Å²) >= 11 is 0. The Kier molecular flexibility index (Phi) is 4.38. The maximum Gasteiger partial charge on any atom is 0.258 e. The summed E-state index contributed by atoms with van der Waals surface area (Å²) in [5, 5.41) is 2.71. The molecule has 24 heavy (non-hydrogen) atoms. The van der Waals surface area contributed by atoms with Gasteiger partial charge in [-0.1, -0.05) is 32.0 Å². The van der Waals surface area contributed by atoms with E-state index in [1.807, 2.05) is 23.1 Å². The molecule has 0 radical (unpaired) electrons. The van der Waals surface area contributed by atoms with Crippen LogP contribution in [0.4, 0.5) is 11.4 Å². The van der Waals surface area contributed by atoms with Gasteiger partial charge in [-0.15, -0.1) is 0 Å². The topological polar surface area (TPSA) is 49.4 Å². The van der Waals surface area contributed by atoms with E-state index in [-0.39, 0.29) is 11.8 Å². The van der Waals surface area contributed by atoms with Gasteiger partial charge in [0.15, 0.2) is 0 Å². The highest BCUT2D eigenvalue weighted by atomic mass is 16.2. The van der Waals surface area contributed by atoms with Crippen molar-refractivity contribution in [2.75, 3.05) is 16.8 Å². The SMILES string of the molecule is CC(=O)Nc1ccc(C(=O)N2CC(C(C)C)c3ccccc32)cc1. The van der Waals surface area contributed by atoms with Gasteiger partial charge in [-0.2, -0.15) is 0 Å². The standard InChI is InChI=1S/C20H22N2O2/c1-13(2)18-12-22(19-7-5-4-6-17(18)19)20(24)15-8-10-16(11-9-15)21-14(3)23/h4-11,13,18H,12H2,1-3H3,(H,21,23). The third-order valence-corrected chi connectivity index (χ3v) is 4.51. The number of nitrogens with one attached hydrogen (secondary N) is 1. The molecule has 0 aromatic heterocycles. The van der Waals surface area contributed by atoms with Gasteiger partial charge in [-0.05, 0) is 41.8 Å². The molecule has 0 saturated carbocycles. The number of benzene rings is 2. The Hall–Kier alpha value is -2.62. The first-order chi connectivity index (χ1) is 11.5. The molecule has 3 rings (SSSR count). The van der Waals surface area contributed by atoms with E-state index in [1.54, 1.807) is 24.3 Å². The Balaban J connectivity index is 1.87. The number of carbonyl (C=O) groups is 2. The number of amides is 2. The number of para-hydroxylation sites is 1. The monoisotopic (exact) mass is 322 g/mol. The molecule has 124 valence electrons. The average Bonchev–Trinajstić information content (AvgIpc) is 2.94. The lowest BCUT2D eigenvalue weighted by atomic mass is 9.90. The van der Waals surface area contributed by atoms with Crippen molar-refractivity contribution >= 4 is 23.2 Å². The van der Waals surface area contributed by atoms with Crippen molar-refractivity contribution in [1.82, 2.24) is 0 Å². The van der Waals surface area contributed by atoms with E-state index in [4.69, 9.17) is 0 Å². The van der Waals surface area contributed by atoms with Gasteiger partial charge in [0, 0.05) is 36.3 Å². The molecule has 0 fully saturated rings. The van der Waals surface area contributed by atoms with Crippen LogP contribution in [0.2, 0.25) is 0 Å². The Morgan fingerprint density at radius 2 is 1.75 bits per heavy atom. The molecule has 1 atom stereocenters. The normalized spacial score (nSPS) is 16.2. The number of hydrogen-bond acceptors (Lipinski definition) is 2. The summed E-state index contributed by atoms with van der Waals surface area (Å²) in [5.74, 6) is 0.720. The van der Waals surface area contributed by atoms with Crippen LogP contribution in [0.25, 0.3) is 0 Å². The summed E-state index contributed by atoms with van der Waals surface area (Å²) < 4.78 is 0. The molecule has 1 unspecified atom stereocenters. The predicted molar refractivity (Wildman–Crippen MR) is 96.4 cm³/mol. The van der Waals surface area contributed by atoms with Crippen LogP contribution in [-0.4, -0.2) is 18.4 Å². The molecule has 0 aliphatic carbocycles. The molecule has 0 spiro atoms. The highest BCUT2D eigenvalue weighted by molar-refractivity contribution is 6.07. The number of hydrogen-bond donors (Lipinski definition) is 1. The van der Waals surface area contributed by atoms with E-state index in [0.717, 1.165) is 5.69 Å². The second-order valence-corrected chi connectivity index (χ2v) is 6.58. The summed E-state index contributed by atoms with van der Waals surface area (Å²) in [6.45, 7) is 6.56. The first-order valence-electron chi connectivity index (χ1n) is 8.26. The highest BCUT2D eigenvalue weighted by Crippen LogP contribution is 2.40. The van der Waals surface area contributed by atoms with Crippen LogP contribution in [0.5, 0.6) is 0 Å². The van der Waals surface area contributed by atoms with Crippen molar-refractivity contribution in [1.29, 1.82) is 0 Å². The molecular weight excluding hydrogens is 300 g/mol. The number of rotatable bonds is 3. The molecule has 0 saturated heterocycles. The number of fused-ring (bicyclic) bond motifs is 1. The fourth-order valence-electron chi connectivity index (χ4n) is 3.26. The molecule has 1 aliphatic heterocycles. The smallest absolute Gasteiger partial charge is 0.258 e. The fourth-order valence-corrected chi connectivity index (χ4v) is 3.26. The van der Waals surface area contributed by atoms with Crippen LogP contribution in [0.15, 0.2) is 48.5 Å². The lowest BCUT2D eigenvalue weighted by Gasteiger charge is -2.19. The number of nitrogens with zero attached hydrogens (tertiary/aromatic N) is 1. The van der Waals surface area contributed by atoms with Crippen molar-refractivity contribution in [2.24, 2.45) is 5.92 Å². The van der Waals surface area contributed by atoms with E-state index < -0.39 is 0 Å². The van der Waals surface area contributed by atoms with Gasteiger partial charge in [-0.25, -0.2) is 0 Å². The van der Waals surface area contributed by atoms with Crippen LogP contribution in [0.3, 0.4) is 0 Å². The zero-order valence-corrected chi connectivity index (χ0v) is 14.2. The molecule has 1 N–H and O–H groups in total. The summed E-state index contributed by atoms with van der Waals surface area (Å²) in [7, 11) is 0. The highest BCUT2D eigenvalue weighted by Gasteiger charge is 2.33. The molecule has 4 nitrogen and oxygen atoms in total. The summed E-state index contributed by atoms with van der Waals surface area (Å²) in [5.41, 5.74) is 3.58. The maximum atomic E-state index is 12.9. The van der Waals surface area contributed by atoms with E-state index in [0.29, 0.717) is 29.6 Å². The van der Waals surface area contributed by atoms with Crippen LogP contribution in [0, 0.1) is 5.92 Å². The quantitative estimate of drug-likeness (QED) is 0.927. The Morgan fingerprint density at radius 3 is 2.38 bits per heavy atom. The van der Waals surface area contributed by atoms with Gasteiger partial charge in [-0.3, -0.25) is 9.59 Å². The van der Waals surface area contributed by atoms with Gasteiger partial charge in [0.2, 0.25) is 5.91 Å². The third-order valence-electron chi connectivity index (χ3n) is 4.51. The molecular formula is C20H22N2O2. The third kappa shape index (κ3) is 3.04. The molecule has 2 aromatic carbocycles. The summed E-state index contributed by atoms with van der Waals surface area (Å²) in [6, 6.07) is 15.2. The van der Waals surface area contributed by atoms with Crippen molar-refractivity contribution in [3.05, 3.63) is 59.7 Å². The minimum atomic E-state index is -0.123. The summed E-state index contributed by atoms with van der Waals surface area (Å²) in [4.78, 5) is 25.9. The largest absolute Gasteiger partial charge is 0.326 e. The molecule has 1 heterocycles. The second kappa shape index (κ2) is 6.48. The molecule has 2 aromatic rings. The number of anilines is 2. The molecule has 1 aliphatic rings. The second-order valence-electron chi connectivity index (χ2n) is 6.58. The molecule has 2 amide bonds. The summed E-state index contributed by atoms with van der Waals surface area (Å²) in [6.07, 6.45) is 0. The first kappa shape index (κ1) is 16.2. The van der Waals surface area contributed by atoms with Crippen molar-refractivity contribution in [3.63, 3.8) is 0 Å². The van der Waals surface area contributed by atoms with Gasteiger partial charge < -0.3 is 10.2 Å². The lowest BCUT2D eigenvalue weighted by molar-refractivity contribution is -0.114. The van der Waals surface area contributed by atoms with Gasteiger partial charge in [0.05, 0.1) is 0 Å².